The zero-order valence-corrected chi connectivity index (χ0v) is 12.9. The molecule has 0 bridgehead atoms. The van der Waals surface area contributed by atoms with Crippen molar-refractivity contribution in [3.8, 4) is 5.75 Å². The quantitative estimate of drug-likeness (QED) is 0.923. The molecule has 0 heterocycles. The number of para-hydroxylation sites is 2. The molecule has 2 aromatic carbocycles. The first-order chi connectivity index (χ1) is 11.0. The second-order valence-corrected chi connectivity index (χ2v) is 4.83. The summed E-state index contributed by atoms with van der Waals surface area (Å²) in [4.78, 5) is 25.3. The van der Waals surface area contributed by atoms with Crippen LogP contribution in [0.5, 0.6) is 5.75 Å². The number of halogens is 1. The monoisotopic (exact) mass is 316 g/mol. The molecule has 2 rings (SSSR count). The number of hydrogen-bond donors (Lipinski definition) is 1. The van der Waals surface area contributed by atoms with Gasteiger partial charge in [-0.1, -0.05) is 12.1 Å². The van der Waals surface area contributed by atoms with Crippen LogP contribution in [-0.2, 0) is 9.59 Å². The molecular weight excluding hydrogens is 299 g/mol. The number of methoxy groups -OCH3 is 1. The van der Waals surface area contributed by atoms with Gasteiger partial charge in [-0.2, -0.15) is 0 Å². The van der Waals surface area contributed by atoms with Crippen LogP contribution in [0.1, 0.15) is 6.92 Å². The standard InChI is InChI=1S/C17H17FN2O3/c1-12(21)20(15-5-3-4-6-16(15)23-2)11-17(22)19-14-9-7-13(18)8-10-14/h3-10H,11H2,1-2H3,(H,19,22). The van der Waals surface area contributed by atoms with Crippen molar-refractivity contribution in [1.82, 2.24) is 0 Å². The van der Waals surface area contributed by atoms with Crippen LogP contribution in [0.4, 0.5) is 15.8 Å². The third kappa shape index (κ3) is 4.29. The molecule has 0 aliphatic carbocycles. The van der Waals surface area contributed by atoms with Gasteiger partial charge in [0.05, 0.1) is 12.8 Å². The van der Waals surface area contributed by atoms with Gasteiger partial charge < -0.3 is 10.1 Å². The molecule has 0 unspecified atom stereocenters. The molecule has 23 heavy (non-hydrogen) atoms. The molecule has 0 fully saturated rings. The Morgan fingerprint density at radius 2 is 1.78 bits per heavy atom. The summed E-state index contributed by atoms with van der Waals surface area (Å²) in [5.41, 5.74) is 0.969. The van der Waals surface area contributed by atoms with Gasteiger partial charge >= 0.3 is 0 Å². The van der Waals surface area contributed by atoms with E-state index in [9.17, 15) is 14.0 Å². The molecule has 0 aliphatic rings. The summed E-state index contributed by atoms with van der Waals surface area (Å²) in [7, 11) is 1.50. The zero-order valence-electron chi connectivity index (χ0n) is 12.9. The lowest BCUT2D eigenvalue weighted by Gasteiger charge is -2.22. The van der Waals surface area contributed by atoms with Gasteiger partial charge in [-0.3, -0.25) is 14.5 Å². The van der Waals surface area contributed by atoms with E-state index in [0.29, 0.717) is 17.1 Å². The number of amides is 2. The lowest BCUT2D eigenvalue weighted by atomic mass is 10.2. The molecule has 2 amide bonds. The minimum atomic E-state index is -0.391. The lowest BCUT2D eigenvalue weighted by molar-refractivity contribution is -0.120. The normalized spacial score (nSPS) is 10.0. The maximum absolute atomic E-state index is 12.9. The van der Waals surface area contributed by atoms with Crippen molar-refractivity contribution in [3.05, 3.63) is 54.3 Å². The average molecular weight is 316 g/mol. The Morgan fingerprint density at radius 3 is 2.39 bits per heavy atom. The molecule has 0 radical (unpaired) electrons. The van der Waals surface area contributed by atoms with E-state index >= 15 is 0 Å². The Balaban J connectivity index is 2.14. The third-order valence-corrected chi connectivity index (χ3v) is 3.19. The van der Waals surface area contributed by atoms with E-state index < -0.39 is 5.91 Å². The highest BCUT2D eigenvalue weighted by Crippen LogP contribution is 2.27. The van der Waals surface area contributed by atoms with E-state index in [1.165, 1.54) is 43.2 Å². The van der Waals surface area contributed by atoms with Gasteiger partial charge in [0.2, 0.25) is 11.8 Å². The van der Waals surface area contributed by atoms with E-state index in [0.717, 1.165) is 0 Å². The Bertz CT molecular complexity index is 701. The number of carbonyl (C=O) groups is 2. The number of nitrogens with one attached hydrogen (secondary N) is 1. The number of hydrogen-bond acceptors (Lipinski definition) is 3. The second-order valence-electron chi connectivity index (χ2n) is 4.83. The molecule has 2 aromatic rings. The molecule has 6 heteroatoms. The Hall–Kier alpha value is -2.89. The lowest BCUT2D eigenvalue weighted by Crippen LogP contribution is -2.36. The first-order valence-electron chi connectivity index (χ1n) is 6.98. The van der Waals surface area contributed by atoms with Gasteiger partial charge in [-0.15, -0.1) is 0 Å². The van der Waals surface area contributed by atoms with Crippen LogP contribution in [0.25, 0.3) is 0 Å². The van der Waals surface area contributed by atoms with Crippen molar-refractivity contribution < 1.29 is 18.7 Å². The average Bonchev–Trinajstić information content (AvgIpc) is 2.54. The highest BCUT2D eigenvalue weighted by molar-refractivity contribution is 6.02. The fraction of sp³-hybridized carbons (Fsp3) is 0.176. The van der Waals surface area contributed by atoms with E-state index in [1.807, 2.05) is 0 Å². The minimum absolute atomic E-state index is 0.174. The third-order valence-electron chi connectivity index (χ3n) is 3.19. The summed E-state index contributed by atoms with van der Waals surface area (Å²) < 4.78 is 18.1. The highest BCUT2D eigenvalue weighted by atomic mass is 19.1. The van der Waals surface area contributed by atoms with Crippen LogP contribution in [-0.4, -0.2) is 25.5 Å². The van der Waals surface area contributed by atoms with Crippen molar-refractivity contribution in [3.63, 3.8) is 0 Å². The van der Waals surface area contributed by atoms with Gasteiger partial charge in [0.15, 0.2) is 0 Å². The number of anilines is 2. The molecule has 0 aliphatic heterocycles. The summed E-state index contributed by atoms with van der Waals surface area (Å²) >= 11 is 0. The first kappa shape index (κ1) is 16.5. The molecule has 0 saturated heterocycles. The Morgan fingerprint density at radius 1 is 1.13 bits per heavy atom. The molecule has 1 N–H and O–H groups in total. The van der Waals surface area contributed by atoms with Crippen LogP contribution in [0.3, 0.4) is 0 Å². The molecular formula is C17H17FN2O3. The minimum Gasteiger partial charge on any atom is -0.495 e. The smallest absolute Gasteiger partial charge is 0.244 e. The van der Waals surface area contributed by atoms with E-state index in [-0.39, 0.29) is 18.3 Å². The van der Waals surface area contributed by atoms with Crippen LogP contribution >= 0.6 is 0 Å². The van der Waals surface area contributed by atoms with Crippen LogP contribution in [0, 0.1) is 5.82 Å². The van der Waals surface area contributed by atoms with Crippen molar-refractivity contribution in [2.45, 2.75) is 6.92 Å². The second kappa shape index (κ2) is 7.40. The molecule has 0 aromatic heterocycles. The first-order valence-corrected chi connectivity index (χ1v) is 6.98. The molecule has 0 spiro atoms. The predicted octanol–water partition coefficient (Wildman–Crippen LogP) is 2.83. The summed E-state index contributed by atoms with van der Waals surface area (Å²) in [5.74, 6) is -0.568. The Labute approximate surface area is 133 Å². The molecule has 5 nitrogen and oxygen atoms in total. The van der Waals surface area contributed by atoms with Gasteiger partial charge in [0.1, 0.15) is 18.1 Å². The zero-order chi connectivity index (χ0) is 16.8. The summed E-state index contributed by atoms with van der Waals surface area (Å²) in [6.07, 6.45) is 0. The van der Waals surface area contributed by atoms with E-state index in [4.69, 9.17) is 4.74 Å². The summed E-state index contributed by atoms with van der Waals surface area (Å²) in [6, 6.07) is 12.3. The maximum atomic E-state index is 12.9. The van der Waals surface area contributed by atoms with Gasteiger partial charge in [-0.05, 0) is 36.4 Å². The van der Waals surface area contributed by atoms with Crippen molar-refractivity contribution in [2.24, 2.45) is 0 Å². The maximum Gasteiger partial charge on any atom is 0.244 e. The largest absolute Gasteiger partial charge is 0.495 e. The van der Waals surface area contributed by atoms with E-state index in [2.05, 4.69) is 5.32 Å². The summed E-state index contributed by atoms with van der Waals surface area (Å²) in [5, 5.41) is 2.62. The highest BCUT2D eigenvalue weighted by Gasteiger charge is 2.19. The SMILES string of the molecule is COc1ccccc1N(CC(=O)Nc1ccc(F)cc1)C(C)=O. The van der Waals surface area contributed by atoms with Crippen LogP contribution < -0.4 is 15.0 Å². The predicted molar refractivity (Wildman–Crippen MR) is 86.1 cm³/mol. The number of ether oxygens (including phenoxy) is 1. The van der Waals surface area contributed by atoms with Crippen molar-refractivity contribution >= 4 is 23.2 Å². The van der Waals surface area contributed by atoms with Gasteiger partial charge in [0.25, 0.3) is 0 Å². The van der Waals surface area contributed by atoms with Crippen LogP contribution in [0.15, 0.2) is 48.5 Å². The number of nitrogens with zero attached hydrogens (tertiary/aromatic N) is 1. The van der Waals surface area contributed by atoms with Gasteiger partial charge in [0, 0.05) is 12.6 Å². The number of benzene rings is 2. The molecule has 0 atom stereocenters. The number of rotatable bonds is 5. The summed E-state index contributed by atoms with van der Waals surface area (Å²) in [6.45, 7) is 1.20. The number of carbonyl (C=O) groups excluding carboxylic acids is 2. The molecule has 120 valence electrons. The van der Waals surface area contributed by atoms with Crippen molar-refractivity contribution in [2.75, 3.05) is 23.9 Å². The topological polar surface area (TPSA) is 58.6 Å². The molecule has 0 saturated carbocycles. The fourth-order valence-electron chi connectivity index (χ4n) is 2.10. The van der Waals surface area contributed by atoms with Crippen molar-refractivity contribution in [1.29, 1.82) is 0 Å². The Kier molecular flexibility index (Phi) is 5.30. The fourth-order valence-corrected chi connectivity index (χ4v) is 2.10. The van der Waals surface area contributed by atoms with E-state index in [1.54, 1.807) is 24.3 Å². The van der Waals surface area contributed by atoms with Crippen LogP contribution in [0.2, 0.25) is 0 Å². The van der Waals surface area contributed by atoms with Gasteiger partial charge in [-0.25, -0.2) is 4.39 Å².